The number of carbonyl (C=O) groups is 1. The molecule has 1 aromatic carbocycles. The number of hydrogen-bond acceptors (Lipinski definition) is 3. The quantitative estimate of drug-likeness (QED) is 0.813. The molecule has 2 rings (SSSR count). The highest BCUT2D eigenvalue weighted by molar-refractivity contribution is 5.76. The molecule has 128 valence electrons. The molecule has 1 fully saturated rings. The van der Waals surface area contributed by atoms with E-state index in [1.165, 1.54) is 37.9 Å². The first-order chi connectivity index (χ1) is 11.0. The number of piperidine rings is 1. The minimum Gasteiger partial charge on any atom is -0.392 e. The molecule has 1 atom stereocenters. The van der Waals surface area contributed by atoms with Gasteiger partial charge in [0, 0.05) is 13.1 Å². The lowest BCUT2D eigenvalue weighted by Gasteiger charge is -2.26. The Hall–Kier alpha value is -1.39. The lowest BCUT2D eigenvalue weighted by Crippen LogP contribution is -2.29. The van der Waals surface area contributed by atoms with Gasteiger partial charge in [0.05, 0.1) is 12.5 Å². The zero-order valence-corrected chi connectivity index (χ0v) is 14.4. The summed E-state index contributed by atoms with van der Waals surface area (Å²) in [4.78, 5) is 14.3. The molecule has 0 aromatic heterocycles. The number of hydrogen-bond donors (Lipinski definition) is 2. The van der Waals surface area contributed by atoms with Gasteiger partial charge in [-0.05, 0) is 43.0 Å². The summed E-state index contributed by atoms with van der Waals surface area (Å²) < 4.78 is 0. The van der Waals surface area contributed by atoms with Crippen LogP contribution in [-0.4, -0.2) is 35.1 Å². The van der Waals surface area contributed by atoms with Gasteiger partial charge in [-0.1, -0.05) is 44.5 Å². The van der Waals surface area contributed by atoms with Crippen LogP contribution >= 0.6 is 0 Å². The average molecular weight is 318 g/mol. The fourth-order valence-corrected chi connectivity index (χ4v) is 2.84. The number of benzene rings is 1. The molecule has 1 aliphatic rings. The number of likely N-dealkylation sites (tertiary alicyclic amines) is 1. The molecule has 1 heterocycles. The normalized spacial score (nSPS) is 17.2. The maximum atomic E-state index is 11.8. The predicted molar refractivity (Wildman–Crippen MR) is 92.9 cm³/mol. The SMILES string of the molecule is CC(C)C(O)CC(=O)NCc1ccc(CN2CCCCC2)cc1. The molecule has 2 N–H and O–H groups in total. The van der Waals surface area contributed by atoms with Crippen molar-refractivity contribution in [3.05, 3.63) is 35.4 Å². The van der Waals surface area contributed by atoms with E-state index in [9.17, 15) is 9.90 Å². The van der Waals surface area contributed by atoms with Gasteiger partial charge in [0.15, 0.2) is 0 Å². The maximum absolute atomic E-state index is 11.8. The molecule has 1 unspecified atom stereocenters. The van der Waals surface area contributed by atoms with Gasteiger partial charge < -0.3 is 10.4 Å². The molecule has 1 amide bonds. The van der Waals surface area contributed by atoms with E-state index < -0.39 is 6.10 Å². The zero-order valence-electron chi connectivity index (χ0n) is 14.4. The van der Waals surface area contributed by atoms with Crippen molar-refractivity contribution in [2.75, 3.05) is 13.1 Å². The molecule has 4 heteroatoms. The smallest absolute Gasteiger partial charge is 0.222 e. The van der Waals surface area contributed by atoms with Crippen LogP contribution in [-0.2, 0) is 17.9 Å². The number of aliphatic hydroxyl groups excluding tert-OH is 1. The van der Waals surface area contributed by atoms with E-state index >= 15 is 0 Å². The molecule has 23 heavy (non-hydrogen) atoms. The van der Waals surface area contributed by atoms with Crippen LogP contribution in [0.2, 0.25) is 0 Å². The van der Waals surface area contributed by atoms with E-state index in [1.54, 1.807) is 0 Å². The molecule has 0 spiro atoms. The van der Waals surface area contributed by atoms with E-state index in [-0.39, 0.29) is 18.2 Å². The van der Waals surface area contributed by atoms with E-state index in [4.69, 9.17) is 0 Å². The zero-order chi connectivity index (χ0) is 16.7. The Labute approximate surface area is 139 Å². The van der Waals surface area contributed by atoms with Crippen molar-refractivity contribution in [1.29, 1.82) is 0 Å². The number of rotatable bonds is 7. The summed E-state index contributed by atoms with van der Waals surface area (Å²) in [7, 11) is 0. The number of carbonyl (C=O) groups excluding carboxylic acids is 1. The Morgan fingerprint density at radius 2 is 1.74 bits per heavy atom. The van der Waals surface area contributed by atoms with Gasteiger partial charge in [-0.3, -0.25) is 9.69 Å². The summed E-state index contributed by atoms with van der Waals surface area (Å²) in [5, 5.41) is 12.6. The molecule has 4 nitrogen and oxygen atoms in total. The minimum absolute atomic E-state index is 0.0939. The first kappa shape index (κ1) is 18.0. The van der Waals surface area contributed by atoms with Crippen LogP contribution < -0.4 is 5.32 Å². The van der Waals surface area contributed by atoms with E-state index in [2.05, 4.69) is 34.5 Å². The number of aliphatic hydroxyl groups is 1. The highest BCUT2D eigenvalue weighted by Crippen LogP contribution is 2.13. The summed E-state index contributed by atoms with van der Waals surface area (Å²) in [6.45, 7) is 7.78. The van der Waals surface area contributed by atoms with Crippen molar-refractivity contribution < 1.29 is 9.90 Å². The lowest BCUT2D eigenvalue weighted by molar-refractivity contribution is -0.123. The summed E-state index contributed by atoms with van der Waals surface area (Å²) in [6, 6.07) is 8.47. The van der Waals surface area contributed by atoms with Crippen LogP contribution in [0.25, 0.3) is 0 Å². The van der Waals surface area contributed by atoms with Crippen LogP contribution in [0.3, 0.4) is 0 Å². The summed E-state index contributed by atoms with van der Waals surface area (Å²) in [6.07, 6.45) is 3.59. The fourth-order valence-electron chi connectivity index (χ4n) is 2.84. The van der Waals surface area contributed by atoms with Crippen LogP contribution in [0.1, 0.15) is 50.7 Å². The van der Waals surface area contributed by atoms with Crippen LogP contribution in [0, 0.1) is 5.92 Å². The van der Waals surface area contributed by atoms with Crippen LogP contribution in [0.5, 0.6) is 0 Å². The maximum Gasteiger partial charge on any atom is 0.222 e. The molecule has 1 saturated heterocycles. The van der Waals surface area contributed by atoms with Crippen molar-refractivity contribution in [2.45, 2.75) is 58.7 Å². The van der Waals surface area contributed by atoms with Gasteiger partial charge in [-0.2, -0.15) is 0 Å². The molecule has 0 radical (unpaired) electrons. The second-order valence-corrected chi connectivity index (χ2v) is 6.95. The Kier molecular flexibility index (Phi) is 7.06. The Balaban J connectivity index is 1.75. The lowest BCUT2D eigenvalue weighted by atomic mass is 10.0. The number of amides is 1. The third-order valence-electron chi connectivity index (χ3n) is 4.53. The second kappa shape index (κ2) is 9.04. The summed E-state index contributed by atoms with van der Waals surface area (Å²) in [5.74, 6) is 0.0124. The highest BCUT2D eigenvalue weighted by Gasteiger charge is 2.14. The Morgan fingerprint density at radius 1 is 1.13 bits per heavy atom. The Morgan fingerprint density at radius 3 is 2.35 bits per heavy atom. The highest BCUT2D eigenvalue weighted by atomic mass is 16.3. The molecular weight excluding hydrogens is 288 g/mol. The van der Waals surface area contributed by atoms with E-state index in [0.29, 0.717) is 6.54 Å². The fraction of sp³-hybridized carbons (Fsp3) is 0.632. The Bertz CT molecular complexity index is 479. The standard InChI is InChI=1S/C19H30N2O2/c1-15(2)18(22)12-19(23)20-13-16-6-8-17(9-7-16)14-21-10-4-3-5-11-21/h6-9,15,18,22H,3-5,10-14H2,1-2H3,(H,20,23). The first-order valence-electron chi connectivity index (χ1n) is 8.79. The molecule has 0 bridgehead atoms. The molecule has 1 aliphatic heterocycles. The van der Waals surface area contributed by atoms with Crippen molar-refractivity contribution in [3.8, 4) is 0 Å². The third-order valence-corrected chi connectivity index (χ3v) is 4.53. The van der Waals surface area contributed by atoms with Gasteiger partial charge in [-0.15, -0.1) is 0 Å². The third kappa shape index (κ3) is 6.32. The molecule has 0 saturated carbocycles. The number of nitrogens with zero attached hydrogens (tertiary/aromatic N) is 1. The second-order valence-electron chi connectivity index (χ2n) is 6.95. The monoisotopic (exact) mass is 318 g/mol. The van der Waals surface area contributed by atoms with Crippen molar-refractivity contribution in [3.63, 3.8) is 0 Å². The first-order valence-corrected chi connectivity index (χ1v) is 8.79. The topological polar surface area (TPSA) is 52.6 Å². The van der Waals surface area contributed by atoms with Gasteiger partial charge >= 0.3 is 0 Å². The van der Waals surface area contributed by atoms with Crippen molar-refractivity contribution in [2.24, 2.45) is 5.92 Å². The predicted octanol–water partition coefficient (Wildman–Crippen LogP) is 2.70. The largest absolute Gasteiger partial charge is 0.392 e. The molecular formula is C19H30N2O2. The molecule has 0 aliphatic carbocycles. The van der Waals surface area contributed by atoms with E-state index in [1.807, 2.05) is 13.8 Å². The van der Waals surface area contributed by atoms with Crippen molar-refractivity contribution >= 4 is 5.91 Å². The van der Waals surface area contributed by atoms with E-state index in [0.717, 1.165) is 12.1 Å². The van der Waals surface area contributed by atoms with Gasteiger partial charge in [0.1, 0.15) is 0 Å². The van der Waals surface area contributed by atoms with Crippen LogP contribution in [0.4, 0.5) is 0 Å². The van der Waals surface area contributed by atoms with Gasteiger partial charge in [-0.25, -0.2) is 0 Å². The average Bonchev–Trinajstić information content (AvgIpc) is 2.55. The minimum atomic E-state index is -0.568. The van der Waals surface area contributed by atoms with Gasteiger partial charge in [0.25, 0.3) is 0 Å². The summed E-state index contributed by atoms with van der Waals surface area (Å²) in [5.41, 5.74) is 2.43. The van der Waals surface area contributed by atoms with Gasteiger partial charge in [0.2, 0.25) is 5.91 Å². The summed E-state index contributed by atoms with van der Waals surface area (Å²) >= 11 is 0. The van der Waals surface area contributed by atoms with Crippen LogP contribution in [0.15, 0.2) is 24.3 Å². The van der Waals surface area contributed by atoms with Crippen molar-refractivity contribution in [1.82, 2.24) is 10.2 Å². The molecule has 1 aromatic rings. The number of nitrogens with one attached hydrogen (secondary N) is 1.